The number of aromatic nitrogens is 3. The lowest BCUT2D eigenvalue weighted by Gasteiger charge is -2.02. The lowest BCUT2D eigenvalue weighted by molar-refractivity contribution is -0.580. The molecule has 2 aromatic rings. The smallest absolute Gasteiger partial charge is 0.314 e. The van der Waals surface area contributed by atoms with Crippen molar-refractivity contribution in [1.82, 2.24) is 9.78 Å². The molecule has 2 heterocycles. The van der Waals surface area contributed by atoms with E-state index in [1.54, 1.807) is 18.3 Å². The first-order valence-corrected chi connectivity index (χ1v) is 5.21. The van der Waals surface area contributed by atoms with Crippen LogP contribution in [-0.2, 0) is 11.3 Å². The number of carbonyl (C=O) groups excluding carboxylic acids is 1. The normalized spacial score (nSPS) is 9.69. The van der Waals surface area contributed by atoms with E-state index in [-0.39, 0.29) is 12.3 Å². The molecule has 0 fully saturated rings. The van der Waals surface area contributed by atoms with E-state index < -0.39 is 0 Å². The van der Waals surface area contributed by atoms with Crippen molar-refractivity contribution >= 4 is 16.8 Å². The number of ketones is 1. The van der Waals surface area contributed by atoms with Gasteiger partial charge in [-0.3, -0.25) is 4.79 Å². The van der Waals surface area contributed by atoms with E-state index >= 15 is 0 Å². The summed E-state index contributed by atoms with van der Waals surface area (Å²) in [4.78, 5) is 10.9. The van der Waals surface area contributed by atoms with Crippen LogP contribution in [0.5, 0.6) is 0 Å². The highest BCUT2D eigenvalue weighted by molar-refractivity contribution is 5.78. The molecule has 0 N–H and O–H groups in total. The molecule has 0 radical (unpaired) electrons. The van der Waals surface area contributed by atoms with Crippen molar-refractivity contribution in [2.45, 2.75) is 27.3 Å². The van der Waals surface area contributed by atoms with E-state index in [9.17, 15) is 10.0 Å². The molecule has 0 spiro atoms. The van der Waals surface area contributed by atoms with Crippen molar-refractivity contribution in [2.24, 2.45) is 0 Å². The minimum atomic E-state index is -0.0288. The standard InChI is InChI=1S/C9H9N3O2.C2H6/c1-7(13)6-11-9-8(5-10-11)3-2-4-12(9)14;1-2/h2-5H,6H2,1H3;1-2H3. The quantitative estimate of drug-likeness (QED) is 0.567. The van der Waals surface area contributed by atoms with Gasteiger partial charge >= 0.3 is 5.65 Å². The van der Waals surface area contributed by atoms with Gasteiger partial charge in [0.25, 0.3) is 0 Å². The summed E-state index contributed by atoms with van der Waals surface area (Å²) in [7, 11) is 0. The van der Waals surface area contributed by atoms with Crippen LogP contribution < -0.4 is 4.73 Å². The van der Waals surface area contributed by atoms with E-state index in [0.29, 0.717) is 10.4 Å². The Kier molecular flexibility index (Phi) is 3.99. The molecule has 0 saturated heterocycles. The van der Waals surface area contributed by atoms with Gasteiger partial charge in [0.15, 0.2) is 12.3 Å². The van der Waals surface area contributed by atoms with Gasteiger partial charge in [0.05, 0.1) is 17.8 Å². The molecule has 16 heavy (non-hydrogen) atoms. The Balaban J connectivity index is 0.000000606. The molecule has 86 valence electrons. The highest BCUT2D eigenvalue weighted by Crippen LogP contribution is 2.07. The summed E-state index contributed by atoms with van der Waals surface area (Å²) < 4.78 is 2.12. The molecule has 2 rings (SSSR count). The molecule has 5 heteroatoms. The number of rotatable bonds is 2. The van der Waals surface area contributed by atoms with E-state index in [1.807, 2.05) is 13.8 Å². The molecule has 0 amide bonds. The second-order valence-corrected chi connectivity index (χ2v) is 3.12. The van der Waals surface area contributed by atoms with Gasteiger partial charge in [0.2, 0.25) is 0 Å². The van der Waals surface area contributed by atoms with Gasteiger partial charge in [-0.05, 0) is 19.1 Å². The van der Waals surface area contributed by atoms with Crippen LogP contribution in [0.1, 0.15) is 20.8 Å². The minimum Gasteiger partial charge on any atom is -0.711 e. The Morgan fingerprint density at radius 2 is 2.25 bits per heavy atom. The maximum atomic E-state index is 11.4. The number of nitrogens with zero attached hydrogens (tertiary/aromatic N) is 3. The topological polar surface area (TPSA) is 61.8 Å². The molecule has 0 bridgehead atoms. The molecule has 0 aromatic carbocycles. The third-order valence-electron chi connectivity index (χ3n) is 1.92. The number of carbonyl (C=O) groups is 1. The van der Waals surface area contributed by atoms with Gasteiger partial charge in [0, 0.05) is 0 Å². The third-order valence-corrected chi connectivity index (χ3v) is 1.92. The van der Waals surface area contributed by atoms with Crippen LogP contribution >= 0.6 is 0 Å². The van der Waals surface area contributed by atoms with E-state index in [4.69, 9.17) is 0 Å². The molecule has 0 aliphatic carbocycles. The van der Waals surface area contributed by atoms with Crippen LogP contribution in [0.3, 0.4) is 0 Å². The predicted molar refractivity (Wildman–Crippen MR) is 60.7 cm³/mol. The maximum absolute atomic E-state index is 11.4. The van der Waals surface area contributed by atoms with Gasteiger partial charge in [-0.2, -0.15) is 0 Å². The SMILES string of the molecule is CC.CC(=O)Cn1ncc2ccc[n+]([O-])c21. The summed E-state index contributed by atoms with van der Waals surface area (Å²) in [5.41, 5.74) is 0.419. The van der Waals surface area contributed by atoms with Crippen LogP contribution in [-0.4, -0.2) is 15.6 Å². The molecule has 0 saturated carbocycles. The summed E-state index contributed by atoms with van der Waals surface area (Å²) in [6.07, 6.45) is 2.97. The third kappa shape index (κ3) is 2.36. The monoisotopic (exact) mass is 221 g/mol. The maximum Gasteiger partial charge on any atom is 0.314 e. The largest absolute Gasteiger partial charge is 0.711 e. The zero-order chi connectivity index (χ0) is 12.1. The fourth-order valence-corrected chi connectivity index (χ4v) is 1.37. The number of Topliss-reactive ketones (excluding diaryl/α,β-unsaturated/α-hetero) is 1. The molecular weight excluding hydrogens is 206 g/mol. The second-order valence-electron chi connectivity index (χ2n) is 3.12. The van der Waals surface area contributed by atoms with Gasteiger partial charge < -0.3 is 5.21 Å². The lowest BCUT2D eigenvalue weighted by Crippen LogP contribution is -2.29. The first kappa shape index (κ1) is 12.2. The van der Waals surface area contributed by atoms with Gasteiger partial charge in [-0.15, -0.1) is 4.68 Å². The lowest BCUT2D eigenvalue weighted by atomic mass is 10.3. The Labute approximate surface area is 93.9 Å². The van der Waals surface area contributed by atoms with Crippen molar-refractivity contribution in [3.63, 3.8) is 0 Å². The minimum absolute atomic E-state index is 0.0288. The summed E-state index contributed by atoms with van der Waals surface area (Å²) in [6.45, 7) is 5.60. The highest BCUT2D eigenvalue weighted by atomic mass is 16.5. The van der Waals surface area contributed by atoms with Gasteiger partial charge in [-0.25, -0.2) is 4.73 Å². The van der Waals surface area contributed by atoms with Crippen molar-refractivity contribution in [3.05, 3.63) is 29.7 Å². The van der Waals surface area contributed by atoms with Crippen molar-refractivity contribution in [1.29, 1.82) is 0 Å². The Bertz CT molecular complexity index is 491. The molecule has 2 aromatic heterocycles. The average molecular weight is 221 g/mol. The molecular formula is C11H15N3O2. The average Bonchev–Trinajstić information content (AvgIpc) is 2.65. The summed E-state index contributed by atoms with van der Waals surface area (Å²) in [6, 6.07) is 3.43. The fraction of sp³-hybridized carbons (Fsp3) is 0.364. The molecule has 5 nitrogen and oxygen atoms in total. The first-order chi connectivity index (χ1) is 7.68. The van der Waals surface area contributed by atoms with Crippen molar-refractivity contribution < 1.29 is 9.52 Å². The summed E-state index contributed by atoms with van der Waals surface area (Å²) in [5, 5.41) is 16.1. The molecule has 0 atom stereocenters. The first-order valence-electron chi connectivity index (χ1n) is 5.21. The van der Waals surface area contributed by atoms with Crippen LogP contribution in [0.2, 0.25) is 0 Å². The Morgan fingerprint density at radius 1 is 1.56 bits per heavy atom. The van der Waals surface area contributed by atoms with Crippen molar-refractivity contribution in [2.75, 3.05) is 0 Å². The predicted octanol–water partition coefficient (Wildman–Crippen LogP) is 1.28. The number of hydrogen-bond donors (Lipinski definition) is 0. The Hall–Kier alpha value is -1.91. The number of hydrogen-bond acceptors (Lipinski definition) is 3. The highest BCUT2D eigenvalue weighted by Gasteiger charge is 2.13. The Morgan fingerprint density at radius 3 is 2.88 bits per heavy atom. The molecule has 0 aliphatic heterocycles. The summed E-state index contributed by atoms with van der Waals surface area (Å²) in [5.74, 6) is -0.0288. The van der Waals surface area contributed by atoms with E-state index in [0.717, 1.165) is 5.39 Å². The van der Waals surface area contributed by atoms with Gasteiger partial charge in [-0.1, -0.05) is 18.9 Å². The number of pyridine rings is 1. The fourth-order valence-electron chi connectivity index (χ4n) is 1.37. The molecule has 0 unspecified atom stereocenters. The summed E-state index contributed by atoms with van der Waals surface area (Å²) >= 11 is 0. The van der Waals surface area contributed by atoms with Crippen LogP contribution in [0.25, 0.3) is 11.0 Å². The van der Waals surface area contributed by atoms with E-state index in [1.165, 1.54) is 17.8 Å². The van der Waals surface area contributed by atoms with Crippen LogP contribution in [0, 0.1) is 5.21 Å². The van der Waals surface area contributed by atoms with E-state index in [2.05, 4.69) is 5.10 Å². The van der Waals surface area contributed by atoms with Crippen LogP contribution in [0.4, 0.5) is 0 Å². The van der Waals surface area contributed by atoms with Crippen LogP contribution in [0.15, 0.2) is 24.5 Å². The molecule has 0 aliphatic rings. The number of fused-ring (bicyclic) bond motifs is 1. The zero-order valence-electron chi connectivity index (χ0n) is 9.67. The second kappa shape index (κ2) is 5.25. The van der Waals surface area contributed by atoms with Crippen molar-refractivity contribution in [3.8, 4) is 0 Å². The van der Waals surface area contributed by atoms with Gasteiger partial charge in [0.1, 0.15) is 0 Å². The zero-order valence-corrected chi connectivity index (χ0v) is 9.67.